The van der Waals surface area contributed by atoms with Gasteiger partial charge in [0.1, 0.15) is 17.9 Å². The molecular formula is C11H12N2O. The Labute approximate surface area is 83.3 Å². The van der Waals surface area contributed by atoms with Crippen molar-refractivity contribution >= 4 is 0 Å². The summed E-state index contributed by atoms with van der Waals surface area (Å²) in [6, 6.07) is 7.29. The first-order chi connectivity index (χ1) is 6.88. The Bertz CT molecular complexity index is 351. The molecule has 0 aromatic carbocycles. The third-order valence-electron chi connectivity index (χ3n) is 2.43. The molecule has 1 fully saturated rings. The third-order valence-corrected chi connectivity index (χ3v) is 2.43. The van der Waals surface area contributed by atoms with E-state index >= 15 is 0 Å². The molecule has 1 aliphatic rings. The fourth-order valence-electron chi connectivity index (χ4n) is 1.72. The lowest BCUT2D eigenvalue weighted by Crippen LogP contribution is -2.11. The van der Waals surface area contributed by atoms with Crippen molar-refractivity contribution in [3.8, 4) is 11.9 Å². The number of hydrogen-bond acceptors (Lipinski definition) is 3. The van der Waals surface area contributed by atoms with Crippen molar-refractivity contribution in [1.29, 1.82) is 5.26 Å². The van der Waals surface area contributed by atoms with Crippen LogP contribution in [0, 0.1) is 11.3 Å². The summed E-state index contributed by atoms with van der Waals surface area (Å²) in [5.74, 6) is 0.580. The molecule has 2 rings (SSSR count). The Balaban J connectivity index is 2.05. The highest BCUT2D eigenvalue weighted by Gasteiger charge is 2.16. The highest BCUT2D eigenvalue weighted by atomic mass is 16.5. The second-order valence-electron chi connectivity index (χ2n) is 3.50. The van der Waals surface area contributed by atoms with E-state index in [1.165, 1.54) is 12.8 Å². The summed E-state index contributed by atoms with van der Waals surface area (Å²) in [5, 5.41) is 8.65. The number of ether oxygens (including phenoxy) is 1. The molecular weight excluding hydrogens is 176 g/mol. The first-order valence-electron chi connectivity index (χ1n) is 4.92. The van der Waals surface area contributed by atoms with Crippen molar-refractivity contribution in [2.24, 2.45) is 0 Å². The van der Waals surface area contributed by atoms with Gasteiger partial charge in [0.2, 0.25) is 5.88 Å². The van der Waals surface area contributed by atoms with Gasteiger partial charge in [0, 0.05) is 6.07 Å². The van der Waals surface area contributed by atoms with Gasteiger partial charge < -0.3 is 4.74 Å². The summed E-state index contributed by atoms with van der Waals surface area (Å²) >= 11 is 0. The summed E-state index contributed by atoms with van der Waals surface area (Å²) < 4.78 is 5.66. The zero-order valence-electron chi connectivity index (χ0n) is 7.94. The number of nitriles is 1. The lowest BCUT2D eigenvalue weighted by Gasteiger charge is -2.11. The van der Waals surface area contributed by atoms with Crippen LogP contribution in [-0.2, 0) is 0 Å². The van der Waals surface area contributed by atoms with E-state index in [0.717, 1.165) is 12.8 Å². The molecule has 0 saturated heterocycles. The van der Waals surface area contributed by atoms with Gasteiger partial charge in [-0.25, -0.2) is 4.98 Å². The van der Waals surface area contributed by atoms with E-state index < -0.39 is 0 Å². The van der Waals surface area contributed by atoms with E-state index in [2.05, 4.69) is 4.98 Å². The standard InChI is InChI=1S/C11H12N2O/c12-8-9-4-3-7-11(13-9)14-10-5-1-2-6-10/h3-4,7,10H,1-2,5-6H2. The molecule has 3 heteroatoms. The topological polar surface area (TPSA) is 45.9 Å². The van der Waals surface area contributed by atoms with Gasteiger partial charge in [-0.3, -0.25) is 0 Å². The van der Waals surface area contributed by atoms with E-state index in [4.69, 9.17) is 10.00 Å². The van der Waals surface area contributed by atoms with Gasteiger partial charge >= 0.3 is 0 Å². The van der Waals surface area contributed by atoms with Crippen LogP contribution in [0.1, 0.15) is 31.4 Å². The lowest BCUT2D eigenvalue weighted by molar-refractivity contribution is 0.201. The van der Waals surface area contributed by atoms with Crippen LogP contribution in [0.15, 0.2) is 18.2 Å². The Morgan fingerprint density at radius 3 is 2.86 bits per heavy atom. The summed E-state index contributed by atoms with van der Waals surface area (Å²) in [4.78, 5) is 4.07. The predicted molar refractivity (Wildman–Crippen MR) is 51.8 cm³/mol. The first kappa shape index (κ1) is 9.01. The van der Waals surface area contributed by atoms with Crippen LogP contribution >= 0.6 is 0 Å². The van der Waals surface area contributed by atoms with Crippen molar-refractivity contribution in [2.75, 3.05) is 0 Å². The molecule has 0 spiro atoms. The highest BCUT2D eigenvalue weighted by Crippen LogP contribution is 2.22. The van der Waals surface area contributed by atoms with Gasteiger partial charge in [-0.15, -0.1) is 0 Å². The van der Waals surface area contributed by atoms with Gasteiger partial charge in [0.05, 0.1) is 0 Å². The molecule has 1 aromatic rings. The second kappa shape index (κ2) is 4.10. The molecule has 1 aliphatic carbocycles. The average Bonchev–Trinajstić information content (AvgIpc) is 2.71. The number of aromatic nitrogens is 1. The number of hydrogen-bond donors (Lipinski definition) is 0. The minimum absolute atomic E-state index is 0.302. The summed E-state index contributed by atoms with van der Waals surface area (Å²) in [7, 11) is 0. The quantitative estimate of drug-likeness (QED) is 0.715. The van der Waals surface area contributed by atoms with Crippen molar-refractivity contribution in [1.82, 2.24) is 4.98 Å². The van der Waals surface area contributed by atoms with Crippen LogP contribution < -0.4 is 4.74 Å². The molecule has 1 aromatic heterocycles. The van der Waals surface area contributed by atoms with E-state index in [0.29, 0.717) is 17.7 Å². The summed E-state index contributed by atoms with van der Waals surface area (Å²) in [6.45, 7) is 0. The Hall–Kier alpha value is -1.56. The second-order valence-corrected chi connectivity index (χ2v) is 3.50. The molecule has 3 nitrogen and oxygen atoms in total. The predicted octanol–water partition coefficient (Wildman–Crippen LogP) is 2.27. The smallest absolute Gasteiger partial charge is 0.214 e. The average molecular weight is 188 g/mol. The van der Waals surface area contributed by atoms with Gasteiger partial charge in [-0.2, -0.15) is 5.26 Å². The van der Waals surface area contributed by atoms with Crippen molar-refractivity contribution in [3.05, 3.63) is 23.9 Å². The van der Waals surface area contributed by atoms with Crippen LogP contribution in [0.5, 0.6) is 5.88 Å². The molecule has 0 amide bonds. The van der Waals surface area contributed by atoms with Crippen LogP contribution in [0.25, 0.3) is 0 Å². The fourth-order valence-corrected chi connectivity index (χ4v) is 1.72. The lowest BCUT2D eigenvalue weighted by atomic mass is 10.3. The Morgan fingerprint density at radius 2 is 2.14 bits per heavy atom. The molecule has 0 bridgehead atoms. The SMILES string of the molecule is N#Cc1cccc(OC2CCCC2)n1. The minimum atomic E-state index is 0.302. The molecule has 72 valence electrons. The molecule has 0 atom stereocenters. The maximum Gasteiger partial charge on any atom is 0.214 e. The Kier molecular flexibility index (Phi) is 2.64. The first-order valence-corrected chi connectivity index (χ1v) is 4.92. The minimum Gasteiger partial charge on any atom is -0.474 e. The van der Waals surface area contributed by atoms with E-state index in [1.807, 2.05) is 6.07 Å². The molecule has 0 N–H and O–H groups in total. The number of rotatable bonds is 2. The summed E-state index contributed by atoms with van der Waals surface area (Å²) in [5.41, 5.74) is 0.417. The largest absolute Gasteiger partial charge is 0.474 e. The zero-order chi connectivity index (χ0) is 9.80. The molecule has 14 heavy (non-hydrogen) atoms. The summed E-state index contributed by atoms with van der Waals surface area (Å²) in [6.07, 6.45) is 5.00. The van der Waals surface area contributed by atoms with Crippen LogP contribution in [0.3, 0.4) is 0 Å². The normalized spacial score (nSPS) is 16.5. The van der Waals surface area contributed by atoms with Crippen LogP contribution in [-0.4, -0.2) is 11.1 Å². The fraction of sp³-hybridized carbons (Fsp3) is 0.455. The molecule has 0 unspecified atom stereocenters. The van der Waals surface area contributed by atoms with Gasteiger partial charge in [0.25, 0.3) is 0 Å². The van der Waals surface area contributed by atoms with Crippen LogP contribution in [0.4, 0.5) is 0 Å². The zero-order valence-corrected chi connectivity index (χ0v) is 7.94. The third kappa shape index (κ3) is 2.02. The number of pyridine rings is 1. The maximum atomic E-state index is 8.65. The highest BCUT2D eigenvalue weighted by molar-refractivity contribution is 5.24. The monoisotopic (exact) mass is 188 g/mol. The van der Waals surface area contributed by atoms with Crippen molar-refractivity contribution in [2.45, 2.75) is 31.8 Å². The molecule has 0 radical (unpaired) electrons. The van der Waals surface area contributed by atoms with Crippen molar-refractivity contribution in [3.63, 3.8) is 0 Å². The van der Waals surface area contributed by atoms with Crippen molar-refractivity contribution < 1.29 is 4.74 Å². The Morgan fingerprint density at radius 1 is 1.36 bits per heavy atom. The molecule has 1 saturated carbocycles. The van der Waals surface area contributed by atoms with Gasteiger partial charge in [-0.05, 0) is 31.7 Å². The maximum absolute atomic E-state index is 8.65. The van der Waals surface area contributed by atoms with E-state index in [9.17, 15) is 0 Å². The van der Waals surface area contributed by atoms with Gasteiger partial charge in [0.15, 0.2) is 0 Å². The van der Waals surface area contributed by atoms with E-state index in [-0.39, 0.29) is 0 Å². The van der Waals surface area contributed by atoms with E-state index in [1.54, 1.807) is 18.2 Å². The molecule has 0 aliphatic heterocycles. The molecule has 1 heterocycles. The number of nitrogens with zero attached hydrogens (tertiary/aromatic N) is 2. The van der Waals surface area contributed by atoms with Gasteiger partial charge in [-0.1, -0.05) is 6.07 Å². The van der Waals surface area contributed by atoms with Crippen LogP contribution in [0.2, 0.25) is 0 Å².